The van der Waals surface area contributed by atoms with E-state index in [2.05, 4.69) is 181 Å². The number of aromatic nitrogens is 2. The molecule has 2 heterocycles. The van der Waals surface area contributed by atoms with Gasteiger partial charge in [0.2, 0.25) is 0 Å². The van der Waals surface area contributed by atoms with Crippen molar-refractivity contribution in [3.05, 3.63) is 230 Å². The van der Waals surface area contributed by atoms with Crippen molar-refractivity contribution in [1.82, 2.24) is 9.13 Å². The molecule has 0 bridgehead atoms. The summed E-state index contributed by atoms with van der Waals surface area (Å²) in [5, 5.41) is 10.9. The van der Waals surface area contributed by atoms with E-state index in [1.54, 1.807) is 0 Å². The summed E-state index contributed by atoms with van der Waals surface area (Å²) in [7, 11) is 2.44. The Kier molecular flexibility index (Phi) is 16.0. The maximum Gasteiger partial charge on any atom is 1.00 e. The zero-order valence-electron chi connectivity index (χ0n) is 33.8. The molecular formula is C55H44Au2N2P2+2. The van der Waals surface area contributed by atoms with Crippen LogP contribution in [0, 0.1) is 24.7 Å². The molecule has 8 aromatic carbocycles. The molecule has 0 aliphatic heterocycles. The second kappa shape index (κ2) is 21.6. The number of nitrogens with zero attached hydrogens (tertiary/aromatic N) is 2. The van der Waals surface area contributed by atoms with Crippen molar-refractivity contribution in [1.29, 1.82) is 0 Å². The molecule has 0 atom stereocenters. The Morgan fingerprint density at radius 2 is 0.639 bits per heavy atom. The SMILES string of the molecule is [Au+].[Au+].[C-]#Cc1ccc2c(c1)c1ccccc1n2C.[C-]#Cc1ccc2c(c1)c1ccccc1n2C.c1ccc([PH+](C[PH+](c2ccccc2)c2ccccc2)c2ccccc2)cc1. The van der Waals surface area contributed by atoms with Gasteiger partial charge < -0.3 is 22.0 Å². The predicted octanol–water partition coefficient (Wildman–Crippen LogP) is 11.2. The number of fused-ring (bicyclic) bond motifs is 6. The van der Waals surface area contributed by atoms with E-state index in [0.717, 1.165) is 11.1 Å². The Balaban J connectivity index is 0.000000159. The van der Waals surface area contributed by atoms with Gasteiger partial charge in [0.1, 0.15) is 37.1 Å². The minimum absolute atomic E-state index is 0. The summed E-state index contributed by atoms with van der Waals surface area (Å²) < 4.78 is 4.36. The largest absolute Gasteiger partial charge is 1.00 e. The smallest absolute Gasteiger partial charge is 0.366 e. The number of aryl methyl sites for hydroxylation is 2. The van der Waals surface area contributed by atoms with Crippen molar-refractivity contribution >= 4 is 80.7 Å². The monoisotopic (exact) mass is 1190 g/mol. The molecule has 0 aliphatic carbocycles. The van der Waals surface area contributed by atoms with Crippen molar-refractivity contribution in [2.75, 3.05) is 5.90 Å². The van der Waals surface area contributed by atoms with Gasteiger partial charge in [-0.15, -0.1) is 35.4 Å². The molecule has 6 heteroatoms. The molecule has 0 unspecified atom stereocenters. The molecular weight excluding hydrogens is 1140 g/mol. The summed E-state index contributed by atoms with van der Waals surface area (Å²) in [6, 6.07) is 73.1. The number of para-hydroxylation sites is 2. The van der Waals surface area contributed by atoms with Crippen LogP contribution >= 0.6 is 15.8 Å². The Hall–Kier alpha value is -5.18. The average Bonchev–Trinajstić information content (AvgIpc) is 3.77. The van der Waals surface area contributed by atoms with E-state index >= 15 is 0 Å². The van der Waals surface area contributed by atoms with E-state index < -0.39 is 15.8 Å². The van der Waals surface area contributed by atoms with E-state index in [-0.39, 0.29) is 44.8 Å². The van der Waals surface area contributed by atoms with Gasteiger partial charge in [0.05, 0.1) is 0 Å². The van der Waals surface area contributed by atoms with Gasteiger partial charge in [-0.05, 0) is 71.4 Å². The zero-order chi connectivity index (χ0) is 40.6. The summed E-state index contributed by atoms with van der Waals surface area (Å²) in [6.45, 7) is 0. The normalized spacial score (nSPS) is 10.5. The molecule has 0 saturated heterocycles. The summed E-state index contributed by atoms with van der Waals surface area (Å²) in [4.78, 5) is 0. The average molecular weight is 1190 g/mol. The van der Waals surface area contributed by atoms with E-state index in [4.69, 9.17) is 12.8 Å². The van der Waals surface area contributed by atoms with Crippen molar-refractivity contribution in [3.63, 3.8) is 0 Å². The van der Waals surface area contributed by atoms with Crippen LogP contribution < -0.4 is 21.2 Å². The van der Waals surface area contributed by atoms with Crippen LogP contribution in [-0.4, -0.2) is 15.0 Å². The quantitative estimate of drug-likeness (QED) is 0.0680. The molecule has 0 saturated carbocycles. The first-order valence-corrected chi connectivity index (χ1v) is 23.2. The fourth-order valence-electron chi connectivity index (χ4n) is 7.97. The van der Waals surface area contributed by atoms with E-state index in [1.807, 2.05) is 60.7 Å². The minimum atomic E-state index is -0.847. The Morgan fingerprint density at radius 3 is 0.951 bits per heavy atom. The van der Waals surface area contributed by atoms with Crippen LogP contribution in [0.4, 0.5) is 0 Å². The molecule has 0 N–H and O–H groups in total. The molecule has 2 aromatic heterocycles. The van der Waals surface area contributed by atoms with Crippen molar-refractivity contribution < 1.29 is 44.8 Å². The van der Waals surface area contributed by atoms with Gasteiger partial charge in [-0.1, -0.05) is 121 Å². The Labute approximate surface area is 393 Å². The van der Waals surface area contributed by atoms with Gasteiger partial charge >= 0.3 is 44.8 Å². The van der Waals surface area contributed by atoms with E-state index in [9.17, 15) is 0 Å². The fourth-order valence-corrected chi connectivity index (χ4v) is 15.7. The zero-order valence-corrected chi connectivity index (χ0v) is 40.2. The molecule has 0 spiro atoms. The third-order valence-electron chi connectivity index (χ3n) is 11.0. The number of hydrogen-bond donors (Lipinski definition) is 0. The maximum atomic E-state index is 7.18. The van der Waals surface area contributed by atoms with Crippen LogP contribution in [0.25, 0.3) is 43.6 Å². The minimum Gasteiger partial charge on any atom is -0.366 e. The first kappa shape index (κ1) is 45.4. The molecule has 2 nitrogen and oxygen atoms in total. The van der Waals surface area contributed by atoms with E-state index in [0.29, 0.717) is 0 Å². The molecule has 10 rings (SSSR count). The summed E-state index contributed by atoms with van der Waals surface area (Å²) in [6.07, 6.45) is 14.4. The van der Waals surface area contributed by atoms with Crippen molar-refractivity contribution in [2.45, 2.75) is 0 Å². The van der Waals surface area contributed by atoms with Crippen LogP contribution in [-0.2, 0) is 58.9 Å². The van der Waals surface area contributed by atoms with Crippen LogP contribution in [0.15, 0.2) is 206 Å². The molecule has 304 valence electrons. The molecule has 0 fully saturated rings. The van der Waals surface area contributed by atoms with Gasteiger partial charge in [0, 0.05) is 46.9 Å². The molecule has 0 aliphatic rings. The molecule has 0 radical (unpaired) electrons. The predicted molar refractivity (Wildman–Crippen MR) is 259 cm³/mol. The van der Waals surface area contributed by atoms with Gasteiger partial charge in [0.15, 0.2) is 5.90 Å². The number of benzene rings is 8. The standard InChI is InChI=1S/C25H22P2.2C15H10N.2Au/c1-5-13-22(14-6-1)26(23-15-7-2-8-16-23)21-27(24-17-9-3-10-18-24)25-19-11-4-12-20-25;2*1-3-11-8-9-15-13(10-11)12-6-4-5-7-14(12)16(15)2;;/h1-20H,21H2;2*4-10H,2H3;;/q;2*-1;2*+1/p+2. The topological polar surface area (TPSA) is 9.86 Å². The van der Waals surface area contributed by atoms with Gasteiger partial charge in [-0.25, -0.2) is 0 Å². The summed E-state index contributed by atoms with van der Waals surface area (Å²) >= 11 is 0. The van der Waals surface area contributed by atoms with Gasteiger partial charge in [-0.3, -0.25) is 11.8 Å². The Bertz CT molecular complexity index is 2780. The first-order chi connectivity index (χ1) is 29.0. The van der Waals surface area contributed by atoms with Crippen molar-refractivity contribution in [2.24, 2.45) is 14.1 Å². The second-order valence-electron chi connectivity index (χ2n) is 14.5. The van der Waals surface area contributed by atoms with Crippen molar-refractivity contribution in [3.8, 4) is 11.8 Å². The Morgan fingerprint density at radius 1 is 0.361 bits per heavy atom. The van der Waals surface area contributed by atoms with Crippen LogP contribution in [0.3, 0.4) is 0 Å². The number of hydrogen-bond acceptors (Lipinski definition) is 0. The van der Waals surface area contributed by atoms with Gasteiger partial charge in [0.25, 0.3) is 0 Å². The molecule has 10 aromatic rings. The second-order valence-corrected chi connectivity index (χ2v) is 20.1. The first-order valence-electron chi connectivity index (χ1n) is 19.8. The third-order valence-corrected chi connectivity index (χ3v) is 17.9. The third kappa shape index (κ3) is 10.1. The number of rotatable bonds is 6. The van der Waals surface area contributed by atoms with Crippen LogP contribution in [0.1, 0.15) is 11.1 Å². The molecule has 61 heavy (non-hydrogen) atoms. The van der Waals surface area contributed by atoms with E-state index in [1.165, 1.54) is 70.7 Å². The van der Waals surface area contributed by atoms with Gasteiger partial charge in [-0.2, -0.15) is 0 Å². The van der Waals surface area contributed by atoms with Crippen LogP contribution in [0.2, 0.25) is 0 Å². The summed E-state index contributed by atoms with van der Waals surface area (Å²) in [5.74, 6) is 6.11. The maximum absolute atomic E-state index is 7.18. The van der Waals surface area contributed by atoms with Crippen LogP contribution in [0.5, 0.6) is 0 Å². The fraction of sp³-hybridized carbons (Fsp3) is 0.0545. The summed E-state index contributed by atoms with van der Waals surface area (Å²) in [5.41, 5.74) is 6.48. The molecule has 0 amide bonds.